The van der Waals surface area contributed by atoms with Crippen LogP contribution in [-0.4, -0.2) is 66.7 Å². The van der Waals surface area contributed by atoms with Crippen molar-refractivity contribution in [3.63, 3.8) is 0 Å². The molecule has 3 rings (SSSR count). The van der Waals surface area contributed by atoms with Gasteiger partial charge in [0.05, 0.1) is 19.8 Å². The van der Waals surface area contributed by atoms with Gasteiger partial charge in [-0.1, -0.05) is 30.3 Å². The molecule has 2 fully saturated rings. The summed E-state index contributed by atoms with van der Waals surface area (Å²) in [5.41, 5.74) is 0.240. The molecular weight excluding hydrogens is 296 g/mol. The Morgan fingerprint density at radius 2 is 2.13 bits per heavy atom. The molecule has 0 spiro atoms. The van der Waals surface area contributed by atoms with Crippen LogP contribution in [0.3, 0.4) is 0 Å². The van der Waals surface area contributed by atoms with E-state index in [9.17, 15) is 14.7 Å². The van der Waals surface area contributed by atoms with Crippen LogP contribution in [0.5, 0.6) is 0 Å². The van der Waals surface area contributed by atoms with Crippen LogP contribution >= 0.6 is 0 Å². The molecule has 0 saturated carbocycles. The smallest absolute Gasteiger partial charge is 0.314 e. The van der Waals surface area contributed by atoms with Gasteiger partial charge in [0.1, 0.15) is 5.41 Å². The topological polar surface area (TPSA) is 70.1 Å². The number of rotatable bonds is 5. The second-order valence-electron chi connectivity index (χ2n) is 6.61. The van der Waals surface area contributed by atoms with E-state index in [0.717, 1.165) is 5.56 Å². The van der Waals surface area contributed by atoms with Crippen LogP contribution in [0.4, 0.5) is 0 Å². The molecule has 2 aliphatic rings. The zero-order chi connectivity index (χ0) is 16.4. The van der Waals surface area contributed by atoms with Crippen molar-refractivity contribution >= 4 is 11.9 Å². The van der Waals surface area contributed by atoms with Crippen LogP contribution in [0.2, 0.25) is 0 Å². The van der Waals surface area contributed by atoms with E-state index < -0.39 is 11.4 Å². The molecular formula is C17H22N2O4. The van der Waals surface area contributed by atoms with Crippen molar-refractivity contribution in [3.8, 4) is 0 Å². The Hall–Kier alpha value is -1.92. The molecule has 1 aromatic carbocycles. The molecule has 0 bridgehead atoms. The molecule has 124 valence electrons. The third-order valence-electron chi connectivity index (χ3n) is 4.85. The lowest BCUT2D eigenvalue weighted by Gasteiger charge is -2.24. The number of hydrogen-bond acceptors (Lipinski definition) is 4. The van der Waals surface area contributed by atoms with E-state index in [-0.39, 0.29) is 31.5 Å². The lowest BCUT2D eigenvalue weighted by molar-refractivity contribution is -0.149. The van der Waals surface area contributed by atoms with Crippen molar-refractivity contribution in [2.75, 3.05) is 39.9 Å². The summed E-state index contributed by atoms with van der Waals surface area (Å²) in [6.07, 6.45) is 0. The van der Waals surface area contributed by atoms with Crippen LogP contribution < -0.4 is 0 Å². The van der Waals surface area contributed by atoms with Gasteiger partial charge >= 0.3 is 5.97 Å². The van der Waals surface area contributed by atoms with Gasteiger partial charge in [-0.25, -0.2) is 0 Å². The fourth-order valence-corrected chi connectivity index (χ4v) is 3.51. The first-order chi connectivity index (χ1) is 11.0. The number of carboxylic acids is 1. The Kier molecular flexibility index (Phi) is 4.37. The van der Waals surface area contributed by atoms with Crippen LogP contribution in [0.25, 0.3) is 0 Å². The highest BCUT2D eigenvalue weighted by Gasteiger charge is 2.57. The molecule has 2 heterocycles. The SMILES string of the molecule is CN(CC(=O)N1C[C@@H]2COC[C@]2(C(=O)O)C1)Cc1ccccc1. The molecule has 1 amide bonds. The van der Waals surface area contributed by atoms with E-state index in [4.69, 9.17) is 4.74 Å². The van der Waals surface area contributed by atoms with Crippen LogP contribution in [0.15, 0.2) is 30.3 Å². The summed E-state index contributed by atoms with van der Waals surface area (Å²) in [6, 6.07) is 9.97. The summed E-state index contributed by atoms with van der Waals surface area (Å²) in [7, 11) is 1.90. The second kappa shape index (κ2) is 6.29. The standard InChI is InChI=1S/C17H22N2O4/c1-18(7-13-5-3-2-4-6-13)9-15(20)19-8-14-10-23-12-17(14,11-19)16(21)22/h2-6,14H,7-12H2,1H3,(H,21,22)/t14-,17-/m1/s1. The fraction of sp³-hybridized carbons (Fsp3) is 0.529. The lowest BCUT2D eigenvalue weighted by Crippen LogP contribution is -2.42. The largest absolute Gasteiger partial charge is 0.481 e. The van der Waals surface area contributed by atoms with Crippen molar-refractivity contribution in [2.24, 2.45) is 11.3 Å². The molecule has 1 aromatic rings. The van der Waals surface area contributed by atoms with Gasteiger partial charge in [-0.15, -0.1) is 0 Å². The highest BCUT2D eigenvalue weighted by molar-refractivity contribution is 5.82. The van der Waals surface area contributed by atoms with Gasteiger partial charge in [-0.2, -0.15) is 0 Å². The lowest BCUT2D eigenvalue weighted by atomic mass is 9.81. The van der Waals surface area contributed by atoms with Crippen molar-refractivity contribution in [1.29, 1.82) is 0 Å². The Labute approximate surface area is 135 Å². The first kappa shape index (κ1) is 16.0. The van der Waals surface area contributed by atoms with Crippen molar-refractivity contribution in [1.82, 2.24) is 9.80 Å². The van der Waals surface area contributed by atoms with E-state index >= 15 is 0 Å². The normalized spacial score (nSPS) is 26.5. The number of benzene rings is 1. The van der Waals surface area contributed by atoms with Gasteiger partial charge in [-0.05, 0) is 12.6 Å². The molecule has 0 unspecified atom stereocenters. The number of likely N-dealkylation sites (tertiary alicyclic amines) is 1. The summed E-state index contributed by atoms with van der Waals surface area (Å²) in [4.78, 5) is 27.7. The number of likely N-dealkylation sites (N-methyl/N-ethyl adjacent to an activating group) is 1. The molecule has 0 aromatic heterocycles. The fourth-order valence-electron chi connectivity index (χ4n) is 3.51. The average Bonchev–Trinajstić information content (AvgIpc) is 3.06. The van der Waals surface area contributed by atoms with Gasteiger partial charge in [0.25, 0.3) is 0 Å². The Balaban J connectivity index is 1.58. The van der Waals surface area contributed by atoms with Crippen molar-refractivity contribution in [2.45, 2.75) is 6.54 Å². The van der Waals surface area contributed by atoms with Gasteiger partial charge in [0.2, 0.25) is 5.91 Å². The minimum atomic E-state index is -0.909. The number of carboxylic acid groups (broad SMARTS) is 1. The minimum Gasteiger partial charge on any atom is -0.481 e. The Morgan fingerprint density at radius 1 is 1.39 bits per heavy atom. The third kappa shape index (κ3) is 3.09. The number of fused-ring (bicyclic) bond motifs is 1. The molecule has 1 N–H and O–H groups in total. The van der Waals surface area contributed by atoms with Gasteiger partial charge in [0.15, 0.2) is 0 Å². The zero-order valence-corrected chi connectivity index (χ0v) is 13.3. The van der Waals surface area contributed by atoms with Crippen LogP contribution in [0, 0.1) is 11.3 Å². The van der Waals surface area contributed by atoms with Crippen molar-refractivity contribution < 1.29 is 19.4 Å². The molecule has 6 heteroatoms. The minimum absolute atomic E-state index is 0.0153. The number of nitrogens with zero attached hydrogens (tertiary/aromatic N) is 2. The van der Waals surface area contributed by atoms with Crippen molar-refractivity contribution in [3.05, 3.63) is 35.9 Å². The van der Waals surface area contributed by atoms with Gasteiger partial charge in [0, 0.05) is 25.6 Å². The van der Waals surface area contributed by atoms with E-state index in [2.05, 4.69) is 0 Å². The van der Waals surface area contributed by atoms with E-state index in [1.165, 1.54) is 0 Å². The predicted octanol–water partition coefficient (Wildman–Crippen LogP) is 0.678. The monoisotopic (exact) mass is 318 g/mol. The Bertz CT molecular complexity index is 592. The number of carbonyl (C=O) groups excluding carboxylic acids is 1. The molecule has 0 radical (unpaired) electrons. The highest BCUT2D eigenvalue weighted by Crippen LogP contribution is 2.41. The number of carbonyl (C=O) groups is 2. The third-order valence-corrected chi connectivity index (χ3v) is 4.85. The maximum atomic E-state index is 12.5. The van der Waals surface area contributed by atoms with Crippen LogP contribution in [0.1, 0.15) is 5.56 Å². The molecule has 23 heavy (non-hydrogen) atoms. The van der Waals surface area contributed by atoms with E-state index in [1.807, 2.05) is 42.3 Å². The zero-order valence-electron chi connectivity index (χ0n) is 13.3. The summed E-state index contributed by atoms with van der Waals surface area (Å²) in [5.74, 6) is -0.963. The molecule has 2 saturated heterocycles. The number of ether oxygens (including phenoxy) is 1. The van der Waals surface area contributed by atoms with E-state index in [1.54, 1.807) is 4.90 Å². The molecule has 2 atom stereocenters. The van der Waals surface area contributed by atoms with Crippen LogP contribution in [-0.2, 0) is 20.9 Å². The highest BCUT2D eigenvalue weighted by atomic mass is 16.5. The van der Waals surface area contributed by atoms with E-state index in [0.29, 0.717) is 19.7 Å². The maximum absolute atomic E-state index is 12.5. The maximum Gasteiger partial charge on any atom is 0.314 e. The number of hydrogen-bond donors (Lipinski definition) is 1. The molecule has 6 nitrogen and oxygen atoms in total. The average molecular weight is 318 g/mol. The quantitative estimate of drug-likeness (QED) is 0.864. The number of amides is 1. The number of aliphatic carboxylic acids is 1. The van der Waals surface area contributed by atoms with Gasteiger partial charge in [-0.3, -0.25) is 14.5 Å². The first-order valence-corrected chi connectivity index (χ1v) is 7.83. The molecule has 2 aliphatic heterocycles. The molecule has 0 aliphatic carbocycles. The summed E-state index contributed by atoms with van der Waals surface area (Å²) in [6.45, 7) is 2.34. The first-order valence-electron chi connectivity index (χ1n) is 7.83. The summed E-state index contributed by atoms with van der Waals surface area (Å²) in [5, 5.41) is 9.52. The predicted molar refractivity (Wildman–Crippen MR) is 83.7 cm³/mol. The summed E-state index contributed by atoms with van der Waals surface area (Å²) >= 11 is 0. The second-order valence-corrected chi connectivity index (χ2v) is 6.61. The Morgan fingerprint density at radius 3 is 2.78 bits per heavy atom. The van der Waals surface area contributed by atoms with Gasteiger partial charge < -0.3 is 14.7 Å². The summed E-state index contributed by atoms with van der Waals surface area (Å²) < 4.78 is 5.34.